The van der Waals surface area contributed by atoms with Gasteiger partial charge in [0, 0.05) is 5.56 Å². The van der Waals surface area contributed by atoms with E-state index in [9.17, 15) is 0 Å². The van der Waals surface area contributed by atoms with E-state index in [-0.39, 0.29) is 0 Å². The number of imidazole rings is 1. The molecule has 2 aromatic rings. The van der Waals surface area contributed by atoms with Crippen molar-refractivity contribution in [2.24, 2.45) is 0 Å². The van der Waals surface area contributed by atoms with Crippen molar-refractivity contribution in [2.45, 2.75) is 13.3 Å². The van der Waals surface area contributed by atoms with Gasteiger partial charge in [-0.15, -0.1) is 0 Å². The van der Waals surface area contributed by atoms with Gasteiger partial charge in [-0.25, -0.2) is 9.66 Å². The number of ether oxygens (including phenoxy) is 1. The first kappa shape index (κ1) is 11.3. The molecule has 4 N–H and O–H groups in total. The van der Waals surface area contributed by atoms with Crippen molar-refractivity contribution in [3.8, 4) is 17.0 Å². The molecule has 0 radical (unpaired) electrons. The van der Waals surface area contributed by atoms with E-state index in [0.717, 1.165) is 17.7 Å². The Hall–Kier alpha value is -2.17. The fraction of sp³-hybridized carbons (Fsp3) is 0.250. The maximum absolute atomic E-state index is 5.82. The van der Waals surface area contributed by atoms with Crippen molar-refractivity contribution in [3.05, 3.63) is 30.6 Å². The van der Waals surface area contributed by atoms with E-state index in [4.69, 9.17) is 16.3 Å². The van der Waals surface area contributed by atoms with Crippen LogP contribution in [0.15, 0.2) is 30.6 Å². The molecule has 0 bridgehead atoms. The molecule has 0 amide bonds. The van der Waals surface area contributed by atoms with Crippen LogP contribution in [-0.2, 0) is 0 Å². The molecule has 0 aliphatic heterocycles. The predicted molar refractivity (Wildman–Crippen MR) is 68.0 cm³/mol. The van der Waals surface area contributed by atoms with Crippen LogP contribution in [0.1, 0.15) is 13.3 Å². The van der Waals surface area contributed by atoms with Crippen LogP contribution < -0.4 is 16.3 Å². The van der Waals surface area contributed by atoms with Crippen LogP contribution in [0.25, 0.3) is 11.3 Å². The molecule has 5 nitrogen and oxygen atoms in total. The molecule has 0 atom stereocenters. The molecule has 17 heavy (non-hydrogen) atoms. The molecule has 0 aliphatic rings. The summed E-state index contributed by atoms with van der Waals surface area (Å²) in [6.07, 6.45) is 2.47. The first-order valence-corrected chi connectivity index (χ1v) is 5.53. The van der Waals surface area contributed by atoms with Crippen molar-refractivity contribution < 1.29 is 4.74 Å². The number of nitrogens with zero attached hydrogens (tertiary/aromatic N) is 2. The second-order valence-corrected chi connectivity index (χ2v) is 3.76. The fourth-order valence-electron chi connectivity index (χ4n) is 1.55. The van der Waals surface area contributed by atoms with E-state index in [1.807, 2.05) is 24.3 Å². The third kappa shape index (κ3) is 2.33. The minimum absolute atomic E-state index is 0.442. The lowest BCUT2D eigenvalue weighted by Gasteiger charge is -2.06. The second-order valence-electron chi connectivity index (χ2n) is 3.76. The Bertz CT molecular complexity index is 507. The average molecular weight is 232 g/mol. The van der Waals surface area contributed by atoms with E-state index in [1.54, 1.807) is 0 Å². The molecule has 0 fully saturated rings. The van der Waals surface area contributed by atoms with Gasteiger partial charge in [-0.2, -0.15) is 0 Å². The van der Waals surface area contributed by atoms with Gasteiger partial charge in [0.05, 0.1) is 6.61 Å². The molecule has 0 saturated heterocycles. The molecule has 0 unspecified atom stereocenters. The van der Waals surface area contributed by atoms with E-state index >= 15 is 0 Å². The number of rotatable bonds is 4. The molecule has 0 spiro atoms. The number of nitrogen functional groups attached to an aromatic ring is 2. The van der Waals surface area contributed by atoms with Gasteiger partial charge < -0.3 is 16.3 Å². The number of anilines is 1. The van der Waals surface area contributed by atoms with Crippen LogP contribution in [0.5, 0.6) is 5.75 Å². The van der Waals surface area contributed by atoms with Crippen molar-refractivity contribution in [1.29, 1.82) is 0 Å². The predicted octanol–water partition coefficient (Wildman–Crippen LogP) is 1.63. The summed E-state index contributed by atoms with van der Waals surface area (Å²) >= 11 is 0. The van der Waals surface area contributed by atoms with E-state index < -0.39 is 0 Å². The molecular formula is C12H16N4O. The Labute approximate surface area is 100.0 Å². The Balaban J connectivity index is 2.30. The second kappa shape index (κ2) is 4.78. The highest BCUT2D eigenvalue weighted by atomic mass is 16.5. The summed E-state index contributed by atoms with van der Waals surface area (Å²) in [6.45, 7) is 2.77. The van der Waals surface area contributed by atoms with Crippen LogP contribution in [-0.4, -0.2) is 16.3 Å². The first-order chi connectivity index (χ1) is 8.22. The minimum Gasteiger partial charge on any atom is -0.494 e. The van der Waals surface area contributed by atoms with Gasteiger partial charge in [0.15, 0.2) is 0 Å². The lowest BCUT2D eigenvalue weighted by atomic mass is 10.1. The third-order valence-corrected chi connectivity index (χ3v) is 2.41. The highest BCUT2D eigenvalue weighted by Crippen LogP contribution is 2.26. The van der Waals surface area contributed by atoms with Crippen LogP contribution in [0.3, 0.4) is 0 Å². The van der Waals surface area contributed by atoms with Crippen molar-refractivity contribution >= 4 is 5.82 Å². The normalized spacial score (nSPS) is 10.4. The quantitative estimate of drug-likeness (QED) is 0.785. The van der Waals surface area contributed by atoms with Gasteiger partial charge in [-0.3, -0.25) is 0 Å². The number of hydrogen-bond acceptors (Lipinski definition) is 4. The monoisotopic (exact) mass is 232 g/mol. The SMILES string of the molecule is CCCOc1cccc(-c2ncn(N)c2N)c1. The number of nitrogens with two attached hydrogens (primary N) is 2. The molecule has 90 valence electrons. The van der Waals surface area contributed by atoms with Crippen LogP contribution in [0.2, 0.25) is 0 Å². The average Bonchev–Trinajstić information content (AvgIpc) is 2.68. The summed E-state index contributed by atoms with van der Waals surface area (Å²) in [6, 6.07) is 7.66. The zero-order valence-electron chi connectivity index (χ0n) is 9.76. The number of aromatic nitrogens is 2. The maximum atomic E-state index is 5.82. The zero-order chi connectivity index (χ0) is 12.3. The minimum atomic E-state index is 0.442. The molecule has 1 aromatic carbocycles. The largest absolute Gasteiger partial charge is 0.494 e. The van der Waals surface area contributed by atoms with Gasteiger partial charge in [-0.1, -0.05) is 19.1 Å². The summed E-state index contributed by atoms with van der Waals surface area (Å²) in [5.74, 6) is 6.85. The molecule has 5 heteroatoms. The van der Waals surface area contributed by atoms with E-state index in [0.29, 0.717) is 18.1 Å². The standard InChI is InChI=1S/C12H16N4O/c1-2-6-17-10-5-3-4-9(7-10)11-12(13)16(14)8-15-11/h3-5,7-8H,2,6,13-14H2,1H3. The molecule has 1 heterocycles. The van der Waals surface area contributed by atoms with Crippen molar-refractivity contribution in [2.75, 3.05) is 18.2 Å². The summed E-state index contributed by atoms with van der Waals surface area (Å²) in [5.41, 5.74) is 7.40. The van der Waals surface area contributed by atoms with Gasteiger partial charge in [0.25, 0.3) is 0 Å². The Morgan fingerprint density at radius 3 is 2.88 bits per heavy atom. The van der Waals surface area contributed by atoms with E-state index in [1.165, 1.54) is 11.0 Å². The lowest BCUT2D eigenvalue weighted by Crippen LogP contribution is -2.09. The first-order valence-electron chi connectivity index (χ1n) is 5.53. The topological polar surface area (TPSA) is 79.1 Å². The molecular weight excluding hydrogens is 216 g/mol. The van der Waals surface area contributed by atoms with Gasteiger partial charge >= 0.3 is 0 Å². The molecule has 0 aliphatic carbocycles. The van der Waals surface area contributed by atoms with Gasteiger partial charge in [-0.05, 0) is 18.6 Å². The molecule has 1 aromatic heterocycles. The molecule has 2 rings (SSSR count). The Morgan fingerprint density at radius 2 is 2.24 bits per heavy atom. The summed E-state index contributed by atoms with van der Waals surface area (Å²) in [5, 5.41) is 0. The van der Waals surface area contributed by atoms with Crippen molar-refractivity contribution in [1.82, 2.24) is 9.66 Å². The fourth-order valence-corrected chi connectivity index (χ4v) is 1.55. The highest BCUT2D eigenvalue weighted by Gasteiger charge is 2.08. The van der Waals surface area contributed by atoms with Crippen molar-refractivity contribution in [3.63, 3.8) is 0 Å². The Kier molecular flexibility index (Phi) is 3.18. The number of hydrogen-bond donors (Lipinski definition) is 2. The number of benzene rings is 1. The van der Waals surface area contributed by atoms with Crippen LogP contribution in [0, 0.1) is 0 Å². The maximum Gasteiger partial charge on any atom is 0.150 e. The summed E-state index contributed by atoms with van der Waals surface area (Å²) in [4.78, 5) is 4.16. The summed E-state index contributed by atoms with van der Waals surface area (Å²) in [7, 11) is 0. The Morgan fingerprint density at radius 1 is 1.41 bits per heavy atom. The molecule has 0 saturated carbocycles. The smallest absolute Gasteiger partial charge is 0.150 e. The lowest BCUT2D eigenvalue weighted by molar-refractivity contribution is 0.317. The van der Waals surface area contributed by atoms with Gasteiger partial charge in [0.2, 0.25) is 0 Å². The third-order valence-electron chi connectivity index (χ3n) is 2.41. The summed E-state index contributed by atoms with van der Waals surface area (Å²) < 4.78 is 6.86. The zero-order valence-corrected chi connectivity index (χ0v) is 9.76. The van der Waals surface area contributed by atoms with Crippen LogP contribution in [0.4, 0.5) is 5.82 Å². The van der Waals surface area contributed by atoms with E-state index in [2.05, 4.69) is 11.9 Å². The highest BCUT2D eigenvalue weighted by molar-refractivity contribution is 5.71. The van der Waals surface area contributed by atoms with Gasteiger partial charge in [0.1, 0.15) is 23.6 Å². The van der Waals surface area contributed by atoms with Crippen LogP contribution >= 0.6 is 0 Å².